The first-order chi connectivity index (χ1) is 14.9. The molecule has 0 aliphatic carbocycles. The normalized spacial score (nSPS) is 15.9. The molecule has 3 aromatic rings. The van der Waals surface area contributed by atoms with Crippen LogP contribution >= 0.6 is 0 Å². The van der Waals surface area contributed by atoms with Crippen molar-refractivity contribution >= 4 is 34.0 Å². The van der Waals surface area contributed by atoms with Gasteiger partial charge in [0.2, 0.25) is 5.91 Å². The molecule has 0 saturated heterocycles. The molecule has 7 heteroatoms. The largest absolute Gasteiger partial charge is 0.321 e. The van der Waals surface area contributed by atoms with E-state index < -0.39 is 22.5 Å². The summed E-state index contributed by atoms with van der Waals surface area (Å²) in [5.41, 5.74) is 2.59. The summed E-state index contributed by atoms with van der Waals surface area (Å²) in [6.45, 7) is 1.97. The molecule has 4 rings (SSSR count). The van der Waals surface area contributed by atoms with E-state index in [-0.39, 0.29) is 23.3 Å². The maximum Gasteiger partial charge on any atom is 0.255 e. The predicted octanol–water partition coefficient (Wildman–Crippen LogP) is 4.16. The van der Waals surface area contributed by atoms with Crippen LogP contribution in [0.15, 0.2) is 77.7 Å². The number of benzene rings is 3. The van der Waals surface area contributed by atoms with Crippen molar-refractivity contribution < 1.29 is 18.2 Å². The van der Waals surface area contributed by atoms with Crippen LogP contribution in [0.3, 0.4) is 0 Å². The Hall–Kier alpha value is -3.32. The number of para-hydroxylation sites is 2. The number of hydrogen-bond acceptors (Lipinski definition) is 3. The smallest absolute Gasteiger partial charge is 0.255 e. The maximum absolute atomic E-state index is 13.1. The molecule has 1 N–H and O–H groups in total. The molecule has 5 nitrogen and oxygen atoms in total. The van der Waals surface area contributed by atoms with Crippen LogP contribution in [0.25, 0.3) is 0 Å². The fourth-order valence-electron chi connectivity index (χ4n) is 3.77. The molecule has 2 amide bonds. The number of carbonyl (C=O) groups is 2. The minimum atomic E-state index is -1.66. The van der Waals surface area contributed by atoms with Gasteiger partial charge in [-0.05, 0) is 61.4 Å². The quantitative estimate of drug-likeness (QED) is 0.653. The van der Waals surface area contributed by atoms with Gasteiger partial charge < -0.3 is 10.2 Å². The molecule has 1 aliphatic heterocycles. The number of nitrogens with one attached hydrogen (secondary N) is 1. The molecule has 1 heterocycles. The van der Waals surface area contributed by atoms with Crippen molar-refractivity contribution in [3.8, 4) is 0 Å². The van der Waals surface area contributed by atoms with Gasteiger partial charge in [-0.1, -0.05) is 30.3 Å². The van der Waals surface area contributed by atoms with E-state index in [0.29, 0.717) is 10.6 Å². The zero-order valence-electron chi connectivity index (χ0n) is 16.9. The molecule has 3 aromatic carbocycles. The van der Waals surface area contributed by atoms with Gasteiger partial charge in [-0.15, -0.1) is 0 Å². The number of halogens is 1. The minimum Gasteiger partial charge on any atom is -0.321 e. The number of carbonyl (C=O) groups excluding carboxylic acids is 2. The molecular formula is C24H21FN2O3S. The summed E-state index contributed by atoms with van der Waals surface area (Å²) >= 11 is 0. The van der Waals surface area contributed by atoms with Crippen molar-refractivity contribution in [2.24, 2.45) is 0 Å². The standard InChI is InChI=1S/C24H21FN2O3S/c1-16-14-18-6-2-4-8-21(18)27(16)23(28)15-31(30)22-9-5-3-7-20(22)26-24(29)17-10-12-19(25)13-11-17/h2-13,16H,14-15H2,1H3,(H,26,29). The van der Waals surface area contributed by atoms with Gasteiger partial charge in [-0.2, -0.15) is 0 Å². The van der Waals surface area contributed by atoms with E-state index in [4.69, 9.17) is 0 Å². The lowest BCUT2D eigenvalue weighted by Crippen LogP contribution is -2.38. The van der Waals surface area contributed by atoms with Gasteiger partial charge in [0, 0.05) is 17.3 Å². The topological polar surface area (TPSA) is 66.5 Å². The first-order valence-corrected chi connectivity index (χ1v) is 11.2. The van der Waals surface area contributed by atoms with Crippen LogP contribution in [0.1, 0.15) is 22.8 Å². The molecule has 2 atom stereocenters. The average Bonchev–Trinajstić information content (AvgIpc) is 3.10. The molecular weight excluding hydrogens is 415 g/mol. The van der Waals surface area contributed by atoms with E-state index in [0.717, 1.165) is 17.7 Å². The fraction of sp³-hybridized carbons (Fsp3) is 0.167. The van der Waals surface area contributed by atoms with E-state index in [1.54, 1.807) is 29.2 Å². The van der Waals surface area contributed by atoms with Crippen LogP contribution in [-0.4, -0.2) is 27.8 Å². The summed E-state index contributed by atoms with van der Waals surface area (Å²) in [4.78, 5) is 27.6. The van der Waals surface area contributed by atoms with Crippen molar-refractivity contribution in [1.82, 2.24) is 0 Å². The number of amides is 2. The fourth-order valence-corrected chi connectivity index (χ4v) is 4.88. The van der Waals surface area contributed by atoms with Gasteiger partial charge in [0.15, 0.2) is 0 Å². The Morgan fingerprint density at radius 3 is 2.48 bits per heavy atom. The number of nitrogens with zero attached hydrogens (tertiary/aromatic N) is 1. The van der Waals surface area contributed by atoms with Crippen molar-refractivity contribution in [2.75, 3.05) is 16.0 Å². The Balaban J connectivity index is 1.51. The third kappa shape index (κ3) is 4.41. The average molecular weight is 437 g/mol. The SMILES string of the molecule is CC1Cc2ccccc2N1C(=O)CS(=O)c1ccccc1NC(=O)c1ccc(F)cc1. The number of fused-ring (bicyclic) bond motifs is 1. The highest BCUT2D eigenvalue weighted by Crippen LogP contribution is 2.32. The Bertz CT molecular complexity index is 1160. The minimum absolute atomic E-state index is 0.00433. The second-order valence-electron chi connectivity index (χ2n) is 7.39. The summed E-state index contributed by atoms with van der Waals surface area (Å²) in [5, 5.41) is 2.72. The Morgan fingerprint density at radius 1 is 1.03 bits per heavy atom. The van der Waals surface area contributed by atoms with E-state index in [9.17, 15) is 18.2 Å². The monoisotopic (exact) mass is 436 g/mol. The zero-order chi connectivity index (χ0) is 22.0. The summed E-state index contributed by atoms with van der Waals surface area (Å²) in [6.07, 6.45) is 0.763. The highest BCUT2D eigenvalue weighted by molar-refractivity contribution is 7.86. The van der Waals surface area contributed by atoms with Gasteiger partial charge in [0.1, 0.15) is 11.6 Å². The van der Waals surface area contributed by atoms with Crippen LogP contribution < -0.4 is 10.2 Å². The highest BCUT2D eigenvalue weighted by Gasteiger charge is 2.31. The Morgan fingerprint density at radius 2 is 1.71 bits per heavy atom. The van der Waals surface area contributed by atoms with Gasteiger partial charge >= 0.3 is 0 Å². The van der Waals surface area contributed by atoms with Crippen LogP contribution in [-0.2, 0) is 22.0 Å². The van der Waals surface area contributed by atoms with Crippen molar-refractivity contribution in [1.29, 1.82) is 0 Å². The lowest BCUT2D eigenvalue weighted by Gasteiger charge is -2.22. The second kappa shape index (κ2) is 8.81. The number of rotatable bonds is 5. The van der Waals surface area contributed by atoms with Crippen molar-refractivity contribution in [3.63, 3.8) is 0 Å². The van der Waals surface area contributed by atoms with Crippen molar-refractivity contribution in [3.05, 3.63) is 89.7 Å². The first kappa shape index (κ1) is 20.9. The van der Waals surface area contributed by atoms with E-state index in [1.165, 1.54) is 24.3 Å². The van der Waals surface area contributed by atoms with Gasteiger partial charge in [0.05, 0.1) is 21.4 Å². The highest BCUT2D eigenvalue weighted by atomic mass is 32.2. The Labute approximate surface area is 182 Å². The van der Waals surface area contributed by atoms with E-state index >= 15 is 0 Å². The first-order valence-electron chi connectivity index (χ1n) is 9.88. The Kier molecular flexibility index (Phi) is 5.95. The predicted molar refractivity (Wildman–Crippen MR) is 119 cm³/mol. The molecule has 0 bridgehead atoms. The molecule has 158 valence electrons. The lowest BCUT2D eigenvalue weighted by atomic mass is 10.1. The summed E-state index contributed by atoms with van der Waals surface area (Å²) < 4.78 is 26.2. The zero-order valence-corrected chi connectivity index (χ0v) is 17.7. The van der Waals surface area contributed by atoms with Gasteiger partial charge in [-0.3, -0.25) is 13.8 Å². The van der Waals surface area contributed by atoms with Crippen LogP contribution in [0.4, 0.5) is 15.8 Å². The molecule has 0 saturated carbocycles. The third-order valence-electron chi connectivity index (χ3n) is 5.22. The van der Waals surface area contributed by atoms with E-state index in [1.807, 2.05) is 31.2 Å². The number of hydrogen-bond donors (Lipinski definition) is 1. The molecule has 0 spiro atoms. The third-order valence-corrected chi connectivity index (χ3v) is 6.57. The summed E-state index contributed by atoms with van der Waals surface area (Å²) in [5.74, 6) is -1.30. The molecule has 0 radical (unpaired) electrons. The van der Waals surface area contributed by atoms with Crippen LogP contribution in [0.5, 0.6) is 0 Å². The van der Waals surface area contributed by atoms with Gasteiger partial charge in [-0.25, -0.2) is 4.39 Å². The molecule has 0 fully saturated rings. The molecule has 31 heavy (non-hydrogen) atoms. The maximum atomic E-state index is 13.1. The molecule has 0 aromatic heterocycles. The van der Waals surface area contributed by atoms with Crippen LogP contribution in [0, 0.1) is 5.82 Å². The summed E-state index contributed by atoms with van der Waals surface area (Å²) in [6, 6.07) is 19.5. The molecule has 2 unspecified atom stereocenters. The lowest BCUT2D eigenvalue weighted by molar-refractivity contribution is -0.116. The molecule has 1 aliphatic rings. The summed E-state index contributed by atoms with van der Waals surface area (Å²) in [7, 11) is -1.66. The second-order valence-corrected chi connectivity index (χ2v) is 8.81. The van der Waals surface area contributed by atoms with Crippen molar-refractivity contribution in [2.45, 2.75) is 24.3 Å². The van der Waals surface area contributed by atoms with E-state index in [2.05, 4.69) is 5.32 Å². The van der Waals surface area contributed by atoms with Crippen LogP contribution in [0.2, 0.25) is 0 Å². The number of anilines is 2. The van der Waals surface area contributed by atoms with Gasteiger partial charge in [0.25, 0.3) is 5.91 Å².